The van der Waals surface area contributed by atoms with Crippen LogP contribution in [0.4, 0.5) is 0 Å². The Morgan fingerprint density at radius 3 is 2.71 bits per heavy atom. The van der Waals surface area contributed by atoms with Crippen LogP contribution in [0.3, 0.4) is 0 Å². The van der Waals surface area contributed by atoms with Gasteiger partial charge in [0.05, 0.1) is 12.3 Å². The van der Waals surface area contributed by atoms with Crippen molar-refractivity contribution >= 4 is 23.5 Å². The molecule has 2 aromatic heterocycles. The van der Waals surface area contributed by atoms with Crippen molar-refractivity contribution in [3.05, 3.63) is 70.7 Å². The highest BCUT2D eigenvalue weighted by Gasteiger charge is 2.16. The van der Waals surface area contributed by atoms with Crippen molar-refractivity contribution in [2.45, 2.75) is 31.8 Å². The van der Waals surface area contributed by atoms with Gasteiger partial charge in [-0.1, -0.05) is 18.2 Å². The second-order valence-electron chi connectivity index (χ2n) is 6.69. The van der Waals surface area contributed by atoms with Crippen LogP contribution in [-0.2, 0) is 0 Å². The van der Waals surface area contributed by atoms with E-state index >= 15 is 0 Å². The molecule has 1 saturated carbocycles. The lowest BCUT2D eigenvalue weighted by Crippen LogP contribution is -2.18. The average molecular weight is 391 g/mol. The van der Waals surface area contributed by atoms with Crippen LogP contribution in [0.25, 0.3) is 11.1 Å². The van der Waals surface area contributed by atoms with E-state index in [1.807, 2.05) is 47.8 Å². The summed E-state index contributed by atoms with van der Waals surface area (Å²) in [6, 6.07) is 15.5. The number of rotatable bonds is 6. The molecule has 142 valence electrons. The number of nitrogens with one attached hydrogen (secondary N) is 1. The third-order valence-corrected chi connectivity index (χ3v) is 5.49. The third-order valence-electron chi connectivity index (χ3n) is 4.69. The number of ether oxygens (including phenoxy) is 1. The van der Waals surface area contributed by atoms with Gasteiger partial charge in [-0.2, -0.15) is 5.10 Å². The molecule has 4 rings (SSSR count). The SMILES string of the molecule is O=C(N/N=C/c1cccs1)c1cc(-c2ccc(OC3CCCC3)cc2)ccn1. The third kappa shape index (κ3) is 4.64. The average Bonchev–Trinajstić information content (AvgIpc) is 3.43. The van der Waals surface area contributed by atoms with Crippen LogP contribution >= 0.6 is 11.3 Å². The number of thiophene rings is 1. The lowest BCUT2D eigenvalue weighted by atomic mass is 10.1. The Bertz CT molecular complexity index is 946. The van der Waals surface area contributed by atoms with Crippen molar-refractivity contribution in [2.24, 2.45) is 5.10 Å². The molecule has 0 unspecified atom stereocenters. The Kier molecular flexibility index (Phi) is 5.77. The quantitative estimate of drug-likeness (QED) is 0.480. The normalized spacial score (nSPS) is 14.4. The van der Waals surface area contributed by atoms with Gasteiger partial charge in [0.15, 0.2) is 0 Å². The van der Waals surface area contributed by atoms with Gasteiger partial charge < -0.3 is 4.74 Å². The molecule has 0 spiro atoms. The number of pyridine rings is 1. The van der Waals surface area contributed by atoms with Crippen LogP contribution in [0.5, 0.6) is 5.75 Å². The van der Waals surface area contributed by atoms with E-state index in [1.165, 1.54) is 12.8 Å². The largest absolute Gasteiger partial charge is 0.490 e. The van der Waals surface area contributed by atoms with Gasteiger partial charge in [0.1, 0.15) is 11.4 Å². The molecule has 1 aliphatic carbocycles. The van der Waals surface area contributed by atoms with E-state index in [2.05, 4.69) is 15.5 Å². The summed E-state index contributed by atoms with van der Waals surface area (Å²) in [5, 5.41) is 5.94. The fourth-order valence-electron chi connectivity index (χ4n) is 3.24. The van der Waals surface area contributed by atoms with Crippen molar-refractivity contribution < 1.29 is 9.53 Å². The summed E-state index contributed by atoms with van der Waals surface area (Å²) >= 11 is 1.55. The van der Waals surface area contributed by atoms with E-state index in [0.29, 0.717) is 11.8 Å². The van der Waals surface area contributed by atoms with Gasteiger partial charge in [0.25, 0.3) is 5.91 Å². The maximum absolute atomic E-state index is 12.3. The van der Waals surface area contributed by atoms with Gasteiger partial charge in [0.2, 0.25) is 0 Å². The first-order valence-electron chi connectivity index (χ1n) is 9.38. The van der Waals surface area contributed by atoms with Gasteiger partial charge in [-0.3, -0.25) is 9.78 Å². The van der Waals surface area contributed by atoms with Crippen molar-refractivity contribution in [1.82, 2.24) is 10.4 Å². The number of hydrazone groups is 1. The molecule has 1 aliphatic rings. The fourth-order valence-corrected chi connectivity index (χ4v) is 3.82. The minimum Gasteiger partial charge on any atom is -0.490 e. The lowest BCUT2D eigenvalue weighted by Gasteiger charge is -2.13. The van der Waals surface area contributed by atoms with Gasteiger partial charge in [0, 0.05) is 11.1 Å². The van der Waals surface area contributed by atoms with Gasteiger partial charge in [-0.15, -0.1) is 11.3 Å². The molecule has 1 fully saturated rings. The Hall–Kier alpha value is -2.99. The minimum atomic E-state index is -0.337. The van der Waals surface area contributed by atoms with Gasteiger partial charge in [-0.05, 0) is 72.5 Å². The zero-order valence-electron chi connectivity index (χ0n) is 15.4. The molecule has 5 nitrogen and oxygen atoms in total. The Balaban J connectivity index is 1.41. The van der Waals surface area contributed by atoms with Crippen LogP contribution in [-0.4, -0.2) is 23.2 Å². The number of carbonyl (C=O) groups excluding carboxylic acids is 1. The van der Waals surface area contributed by atoms with E-state index in [4.69, 9.17) is 4.74 Å². The van der Waals surface area contributed by atoms with E-state index in [-0.39, 0.29) is 5.91 Å². The van der Waals surface area contributed by atoms with Crippen LogP contribution < -0.4 is 10.2 Å². The number of hydrogen-bond acceptors (Lipinski definition) is 5. The summed E-state index contributed by atoms with van der Waals surface area (Å²) in [6.07, 6.45) is 8.38. The lowest BCUT2D eigenvalue weighted by molar-refractivity contribution is 0.0950. The Morgan fingerprint density at radius 1 is 1.14 bits per heavy atom. The second-order valence-corrected chi connectivity index (χ2v) is 7.67. The van der Waals surface area contributed by atoms with E-state index in [1.54, 1.807) is 29.8 Å². The molecule has 0 saturated heterocycles. The Morgan fingerprint density at radius 2 is 1.96 bits per heavy atom. The number of carbonyl (C=O) groups is 1. The zero-order valence-corrected chi connectivity index (χ0v) is 16.2. The smallest absolute Gasteiger partial charge is 0.289 e. The number of amides is 1. The summed E-state index contributed by atoms with van der Waals surface area (Å²) < 4.78 is 6.01. The Labute approximate surface area is 168 Å². The number of hydrogen-bond donors (Lipinski definition) is 1. The molecule has 3 aromatic rings. The van der Waals surface area contributed by atoms with Crippen molar-refractivity contribution in [3.8, 4) is 16.9 Å². The summed E-state index contributed by atoms with van der Waals surface area (Å²) in [4.78, 5) is 17.4. The van der Waals surface area contributed by atoms with Crippen molar-refractivity contribution in [1.29, 1.82) is 0 Å². The summed E-state index contributed by atoms with van der Waals surface area (Å²) in [6.45, 7) is 0. The number of nitrogens with zero attached hydrogens (tertiary/aromatic N) is 2. The first-order valence-corrected chi connectivity index (χ1v) is 10.3. The predicted octanol–water partition coefficient (Wildman–Crippen LogP) is 4.90. The summed E-state index contributed by atoms with van der Waals surface area (Å²) in [7, 11) is 0. The molecule has 6 heteroatoms. The van der Waals surface area contributed by atoms with E-state index in [0.717, 1.165) is 34.6 Å². The van der Waals surface area contributed by atoms with Crippen molar-refractivity contribution in [3.63, 3.8) is 0 Å². The molecule has 0 atom stereocenters. The maximum Gasteiger partial charge on any atom is 0.289 e. The van der Waals surface area contributed by atoms with Crippen molar-refractivity contribution in [2.75, 3.05) is 0 Å². The molecule has 28 heavy (non-hydrogen) atoms. The highest BCUT2D eigenvalue weighted by atomic mass is 32.1. The highest BCUT2D eigenvalue weighted by molar-refractivity contribution is 7.11. The molecular formula is C22H21N3O2S. The summed E-state index contributed by atoms with van der Waals surface area (Å²) in [5.74, 6) is 0.557. The van der Waals surface area contributed by atoms with Gasteiger partial charge in [-0.25, -0.2) is 5.43 Å². The molecule has 1 amide bonds. The molecule has 0 radical (unpaired) electrons. The van der Waals surface area contributed by atoms with Crippen LogP contribution in [0.15, 0.2) is 65.2 Å². The second kappa shape index (κ2) is 8.80. The molecular weight excluding hydrogens is 370 g/mol. The van der Waals surface area contributed by atoms with Crippen LogP contribution in [0.2, 0.25) is 0 Å². The van der Waals surface area contributed by atoms with Crippen LogP contribution in [0, 0.1) is 0 Å². The monoisotopic (exact) mass is 391 g/mol. The fraction of sp³-hybridized carbons (Fsp3) is 0.227. The molecule has 1 aromatic carbocycles. The van der Waals surface area contributed by atoms with E-state index in [9.17, 15) is 4.79 Å². The minimum absolute atomic E-state index is 0.326. The van der Waals surface area contributed by atoms with E-state index < -0.39 is 0 Å². The first-order chi connectivity index (χ1) is 13.8. The number of aromatic nitrogens is 1. The zero-order chi connectivity index (χ0) is 19.2. The molecule has 0 bridgehead atoms. The molecule has 0 aliphatic heterocycles. The topological polar surface area (TPSA) is 63.6 Å². The summed E-state index contributed by atoms with van der Waals surface area (Å²) in [5.41, 5.74) is 4.78. The maximum atomic E-state index is 12.3. The molecule has 1 N–H and O–H groups in total. The predicted molar refractivity (Wildman–Crippen MR) is 112 cm³/mol. The molecule has 2 heterocycles. The number of benzene rings is 1. The highest BCUT2D eigenvalue weighted by Crippen LogP contribution is 2.27. The van der Waals surface area contributed by atoms with Crippen LogP contribution in [0.1, 0.15) is 41.0 Å². The standard InChI is InChI=1S/C22H21N3O2S/c26-22(25-24-15-20-6-3-13-28-20)21-14-17(11-12-23-21)16-7-9-19(10-8-16)27-18-4-1-2-5-18/h3,6-15,18H,1-2,4-5H2,(H,25,26)/b24-15+. The first kappa shape index (κ1) is 18.4. The van der Waals surface area contributed by atoms with Gasteiger partial charge >= 0.3 is 0 Å².